The second kappa shape index (κ2) is 11.2. The first-order valence-corrected chi connectivity index (χ1v) is 10.7. The molecule has 0 atom stereocenters. The second-order valence-electron chi connectivity index (χ2n) is 6.68. The largest absolute Gasteiger partial charge is 0.379 e. The Bertz CT molecular complexity index is 428. The van der Waals surface area contributed by atoms with Crippen molar-refractivity contribution >= 4 is 15.6 Å². The van der Waals surface area contributed by atoms with Crippen LogP contribution >= 0.6 is 0 Å². The van der Waals surface area contributed by atoms with Gasteiger partial charge < -0.3 is 4.74 Å². The van der Waals surface area contributed by atoms with Crippen molar-refractivity contribution in [3.8, 4) is 0 Å². The molecule has 0 amide bonds. The van der Waals surface area contributed by atoms with E-state index in [0.717, 1.165) is 58.5 Å². The summed E-state index contributed by atoms with van der Waals surface area (Å²) in [6.07, 6.45) is 5.59. The molecule has 136 valence electrons. The average molecular weight is 348 g/mol. The van der Waals surface area contributed by atoms with Gasteiger partial charge in [0.05, 0.1) is 24.2 Å². The minimum Gasteiger partial charge on any atom is -0.379 e. The predicted molar refractivity (Wildman–Crippen MR) is 93.5 cm³/mol. The van der Waals surface area contributed by atoms with Crippen LogP contribution < -0.4 is 0 Å². The van der Waals surface area contributed by atoms with E-state index in [0.29, 0.717) is 25.0 Å². The lowest BCUT2D eigenvalue weighted by Crippen LogP contribution is -2.36. The van der Waals surface area contributed by atoms with Crippen LogP contribution in [0.2, 0.25) is 0 Å². The van der Waals surface area contributed by atoms with Crippen LogP contribution in [0.4, 0.5) is 0 Å². The van der Waals surface area contributed by atoms with Crippen molar-refractivity contribution < 1.29 is 17.9 Å². The van der Waals surface area contributed by atoms with Crippen molar-refractivity contribution in [1.82, 2.24) is 4.90 Å². The zero-order valence-electron chi connectivity index (χ0n) is 14.8. The van der Waals surface area contributed by atoms with Crippen molar-refractivity contribution in [3.05, 3.63) is 0 Å². The van der Waals surface area contributed by atoms with Gasteiger partial charge in [-0.15, -0.1) is 0 Å². The molecule has 1 saturated heterocycles. The first kappa shape index (κ1) is 20.6. The van der Waals surface area contributed by atoms with Crippen LogP contribution in [0.15, 0.2) is 0 Å². The number of sulfone groups is 1. The molecule has 0 aliphatic carbocycles. The standard InChI is InChI=1S/C17H33NO4S/c1-16(2)23(20,21)15-7-3-4-8-17(19)9-5-6-10-18-11-13-22-14-12-18/h16H,3-15H2,1-2H3. The van der Waals surface area contributed by atoms with Gasteiger partial charge in [0, 0.05) is 25.9 Å². The lowest BCUT2D eigenvalue weighted by Gasteiger charge is -2.26. The Balaban J connectivity index is 1.96. The van der Waals surface area contributed by atoms with Crippen LogP contribution in [0.1, 0.15) is 58.8 Å². The summed E-state index contributed by atoms with van der Waals surface area (Å²) in [5.41, 5.74) is 0. The molecule has 0 aromatic heterocycles. The number of morpholine rings is 1. The van der Waals surface area contributed by atoms with Gasteiger partial charge in [0.15, 0.2) is 9.84 Å². The van der Waals surface area contributed by atoms with E-state index in [1.54, 1.807) is 13.8 Å². The molecule has 0 radical (unpaired) electrons. The topological polar surface area (TPSA) is 63.7 Å². The Morgan fingerprint density at radius 3 is 2.22 bits per heavy atom. The highest BCUT2D eigenvalue weighted by Crippen LogP contribution is 2.10. The second-order valence-corrected chi connectivity index (χ2v) is 9.35. The summed E-state index contributed by atoms with van der Waals surface area (Å²) in [6, 6.07) is 0. The minimum atomic E-state index is -2.93. The molecule has 23 heavy (non-hydrogen) atoms. The number of ether oxygens (including phenoxy) is 1. The van der Waals surface area contributed by atoms with E-state index < -0.39 is 9.84 Å². The number of carbonyl (C=O) groups excluding carboxylic acids is 1. The van der Waals surface area contributed by atoms with Crippen molar-refractivity contribution in [2.45, 2.75) is 64.0 Å². The van der Waals surface area contributed by atoms with Crippen LogP contribution in [0, 0.1) is 0 Å². The van der Waals surface area contributed by atoms with E-state index in [2.05, 4.69) is 4.90 Å². The molecule has 1 aliphatic rings. The smallest absolute Gasteiger partial charge is 0.152 e. The molecule has 6 heteroatoms. The number of carbonyl (C=O) groups is 1. The fourth-order valence-electron chi connectivity index (χ4n) is 2.65. The average Bonchev–Trinajstić information content (AvgIpc) is 2.52. The quantitative estimate of drug-likeness (QED) is 0.507. The maximum Gasteiger partial charge on any atom is 0.152 e. The molecule has 0 spiro atoms. The molecule has 1 rings (SSSR count). The lowest BCUT2D eigenvalue weighted by atomic mass is 10.1. The fourth-order valence-corrected chi connectivity index (χ4v) is 3.72. The van der Waals surface area contributed by atoms with Gasteiger partial charge >= 0.3 is 0 Å². The number of ketones is 1. The normalized spacial score (nSPS) is 16.8. The Kier molecular flexibility index (Phi) is 9.99. The summed E-state index contributed by atoms with van der Waals surface area (Å²) in [7, 11) is -2.93. The Hall–Kier alpha value is -0.460. The van der Waals surface area contributed by atoms with E-state index in [9.17, 15) is 13.2 Å². The zero-order valence-corrected chi connectivity index (χ0v) is 15.6. The van der Waals surface area contributed by atoms with Gasteiger partial charge in [0.25, 0.3) is 0 Å². The molecule has 0 saturated carbocycles. The maximum absolute atomic E-state index is 11.8. The summed E-state index contributed by atoms with van der Waals surface area (Å²) < 4.78 is 28.6. The highest BCUT2D eigenvalue weighted by atomic mass is 32.2. The van der Waals surface area contributed by atoms with Gasteiger partial charge in [0.2, 0.25) is 0 Å². The third kappa shape index (κ3) is 9.42. The summed E-state index contributed by atoms with van der Waals surface area (Å²) in [5.74, 6) is 0.567. The van der Waals surface area contributed by atoms with Crippen molar-refractivity contribution in [1.29, 1.82) is 0 Å². The number of rotatable bonds is 12. The molecule has 0 N–H and O–H groups in total. The zero-order chi connectivity index (χ0) is 17.1. The van der Waals surface area contributed by atoms with Gasteiger partial charge in [-0.1, -0.05) is 6.42 Å². The van der Waals surface area contributed by atoms with Crippen molar-refractivity contribution in [3.63, 3.8) is 0 Å². The number of hydrogen-bond donors (Lipinski definition) is 0. The third-order valence-electron chi connectivity index (χ3n) is 4.39. The molecular weight excluding hydrogens is 314 g/mol. The SMILES string of the molecule is CC(C)S(=O)(=O)CCCCCC(=O)CCCCN1CCOCC1. The number of nitrogens with zero attached hydrogens (tertiary/aromatic N) is 1. The molecule has 0 unspecified atom stereocenters. The van der Waals surface area contributed by atoms with Crippen LogP contribution in [-0.2, 0) is 19.4 Å². The molecule has 5 nitrogen and oxygen atoms in total. The lowest BCUT2D eigenvalue weighted by molar-refractivity contribution is -0.119. The molecular formula is C17H33NO4S. The third-order valence-corrected chi connectivity index (χ3v) is 6.68. The van der Waals surface area contributed by atoms with Gasteiger partial charge in [0.1, 0.15) is 5.78 Å². The first-order valence-electron chi connectivity index (χ1n) is 8.95. The minimum absolute atomic E-state index is 0.248. The molecule has 0 bridgehead atoms. The number of Topliss-reactive ketones (excluding diaryl/α,β-unsaturated/α-hetero) is 1. The molecule has 1 aliphatic heterocycles. The van der Waals surface area contributed by atoms with Crippen LogP contribution in [-0.4, -0.2) is 63.0 Å². The Morgan fingerprint density at radius 1 is 1.00 bits per heavy atom. The highest BCUT2D eigenvalue weighted by molar-refractivity contribution is 7.91. The van der Waals surface area contributed by atoms with E-state index in [4.69, 9.17) is 4.74 Å². The predicted octanol–water partition coefficient (Wildman–Crippen LogP) is 2.44. The van der Waals surface area contributed by atoms with Crippen LogP contribution in [0.25, 0.3) is 0 Å². The van der Waals surface area contributed by atoms with Crippen LogP contribution in [0.3, 0.4) is 0 Å². The van der Waals surface area contributed by atoms with Gasteiger partial charge in [-0.2, -0.15) is 0 Å². The molecule has 1 fully saturated rings. The van der Waals surface area contributed by atoms with E-state index >= 15 is 0 Å². The molecule has 1 heterocycles. The Labute approximate surface area is 141 Å². The van der Waals surface area contributed by atoms with Crippen molar-refractivity contribution in [2.24, 2.45) is 0 Å². The van der Waals surface area contributed by atoms with Gasteiger partial charge in [-0.05, 0) is 46.1 Å². The molecule has 0 aromatic rings. The van der Waals surface area contributed by atoms with E-state index in [1.807, 2.05) is 0 Å². The summed E-state index contributed by atoms with van der Waals surface area (Å²) in [6.45, 7) is 8.16. The Morgan fingerprint density at radius 2 is 1.61 bits per heavy atom. The highest BCUT2D eigenvalue weighted by Gasteiger charge is 2.15. The monoisotopic (exact) mass is 347 g/mol. The fraction of sp³-hybridized carbons (Fsp3) is 0.941. The summed E-state index contributed by atoms with van der Waals surface area (Å²) >= 11 is 0. The summed E-state index contributed by atoms with van der Waals surface area (Å²) in [5, 5.41) is -0.296. The van der Waals surface area contributed by atoms with Gasteiger partial charge in [-0.3, -0.25) is 9.69 Å². The van der Waals surface area contributed by atoms with Gasteiger partial charge in [-0.25, -0.2) is 8.42 Å². The first-order chi connectivity index (χ1) is 10.9. The van der Waals surface area contributed by atoms with Crippen LogP contribution in [0.5, 0.6) is 0 Å². The maximum atomic E-state index is 11.8. The van der Waals surface area contributed by atoms with Crippen molar-refractivity contribution in [2.75, 3.05) is 38.6 Å². The summed E-state index contributed by atoms with van der Waals surface area (Å²) in [4.78, 5) is 14.2. The number of hydrogen-bond acceptors (Lipinski definition) is 5. The number of unbranched alkanes of at least 4 members (excludes halogenated alkanes) is 3. The van der Waals surface area contributed by atoms with E-state index in [-0.39, 0.29) is 11.0 Å². The van der Waals surface area contributed by atoms with E-state index in [1.165, 1.54) is 0 Å². The molecule has 0 aromatic carbocycles.